The fourth-order valence-electron chi connectivity index (χ4n) is 3.05. The van der Waals surface area contributed by atoms with Crippen molar-refractivity contribution in [2.24, 2.45) is 0 Å². The van der Waals surface area contributed by atoms with Crippen LogP contribution in [0.4, 0.5) is 14.9 Å². The number of nitrogens with one attached hydrogen (secondary N) is 1. The van der Waals surface area contributed by atoms with Crippen LogP contribution in [0, 0.1) is 12.7 Å². The molecule has 1 fully saturated rings. The van der Waals surface area contributed by atoms with Gasteiger partial charge in [-0.3, -0.25) is 14.9 Å². The van der Waals surface area contributed by atoms with Gasteiger partial charge in [-0.2, -0.15) is 0 Å². The van der Waals surface area contributed by atoms with Crippen molar-refractivity contribution in [3.05, 3.63) is 81.8 Å². The molecule has 0 aliphatic carbocycles. The van der Waals surface area contributed by atoms with Crippen molar-refractivity contribution in [2.45, 2.75) is 6.92 Å². The number of para-hydroxylation sites is 1. The number of carbonyl (C=O) groups is 3. The molecule has 1 aliphatic rings. The number of benzene rings is 2. The molecule has 3 aromatic rings. The summed E-state index contributed by atoms with van der Waals surface area (Å²) in [6, 6.07) is 13.3. The van der Waals surface area contributed by atoms with Gasteiger partial charge in [0, 0.05) is 10.0 Å². The number of halogens is 2. The Balaban J connectivity index is 1.70. The van der Waals surface area contributed by atoms with Gasteiger partial charge in [0.1, 0.15) is 22.9 Å². The third-order valence-electron chi connectivity index (χ3n) is 4.50. The highest BCUT2D eigenvalue weighted by Crippen LogP contribution is 2.31. The number of rotatable bonds is 3. The van der Waals surface area contributed by atoms with E-state index in [1.165, 1.54) is 24.3 Å². The largest absolute Gasteiger partial charge is 0.457 e. The fraction of sp³-hybridized carbons (Fsp3) is 0.0455. The van der Waals surface area contributed by atoms with E-state index in [1.54, 1.807) is 12.1 Å². The minimum absolute atomic E-state index is 0.235. The molecule has 0 bridgehead atoms. The minimum Gasteiger partial charge on any atom is -0.457 e. The third kappa shape index (κ3) is 3.57. The molecule has 2 aromatic carbocycles. The van der Waals surface area contributed by atoms with Crippen LogP contribution in [0.3, 0.4) is 0 Å². The quantitative estimate of drug-likeness (QED) is 0.441. The number of imide groups is 2. The van der Waals surface area contributed by atoms with Crippen molar-refractivity contribution in [3.63, 3.8) is 0 Å². The first kappa shape index (κ1) is 19.8. The predicted octanol–water partition coefficient (Wildman–Crippen LogP) is 4.82. The number of furan rings is 1. The molecule has 2 heterocycles. The van der Waals surface area contributed by atoms with E-state index in [-0.39, 0.29) is 17.0 Å². The van der Waals surface area contributed by atoms with Crippen LogP contribution in [0.5, 0.6) is 0 Å². The van der Waals surface area contributed by atoms with Crippen LogP contribution in [0.2, 0.25) is 0 Å². The number of hydrogen-bond acceptors (Lipinski definition) is 4. The molecule has 1 saturated heterocycles. The van der Waals surface area contributed by atoms with Gasteiger partial charge in [-0.15, -0.1) is 0 Å². The molecular formula is C22H14BrFN2O4. The molecule has 1 aromatic heterocycles. The Morgan fingerprint density at radius 1 is 1.07 bits per heavy atom. The Morgan fingerprint density at radius 3 is 2.57 bits per heavy atom. The van der Waals surface area contributed by atoms with Crippen LogP contribution < -0.4 is 10.2 Å². The fourth-order valence-corrected chi connectivity index (χ4v) is 3.74. The van der Waals surface area contributed by atoms with Gasteiger partial charge in [0.2, 0.25) is 0 Å². The van der Waals surface area contributed by atoms with Gasteiger partial charge in [0.25, 0.3) is 11.8 Å². The minimum atomic E-state index is -1.02. The van der Waals surface area contributed by atoms with E-state index < -0.39 is 23.7 Å². The zero-order chi connectivity index (χ0) is 21.4. The average Bonchev–Trinajstić information content (AvgIpc) is 3.15. The number of anilines is 1. The number of hydrogen-bond donors (Lipinski definition) is 1. The topological polar surface area (TPSA) is 79.6 Å². The highest BCUT2D eigenvalue weighted by molar-refractivity contribution is 9.10. The third-order valence-corrected chi connectivity index (χ3v) is 5.15. The molecule has 150 valence electrons. The van der Waals surface area contributed by atoms with Crippen LogP contribution in [-0.4, -0.2) is 17.8 Å². The second-order valence-electron chi connectivity index (χ2n) is 6.59. The summed E-state index contributed by atoms with van der Waals surface area (Å²) in [6.45, 7) is 1.96. The lowest BCUT2D eigenvalue weighted by Crippen LogP contribution is -2.54. The lowest BCUT2D eigenvalue weighted by molar-refractivity contribution is -0.122. The van der Waals surface area contributed by atoms with Gasteiger partial charge < -0.3 is 4.42 Å². The molecule has 1 aliphatic heterocycles. The second-order valence-corrected chi connectivity index (χ2v) is 7.45. The summed E-state index contributed by atoms with van der Waals surface area (Å²) >= 11 is 3.48. The molecule has 0 radical (unpaired) electrons. The number of carbonyl (C=O) groups excluding carboxylic acids is 3. The van der Waals surface area contributed by atoms with E-state index in [4.69, 9.17) is 4.42 Å². The molecule has 30 heavy (non-hydrogen) atoms. The smallest absolute Gasteiger partial charge is 0.336 e. The van der Waals surface area contributed by atoms with E-state index in [2.05, 4.69) is 21.2 Å². The van der Waals surface area contributed by atoms with Crippen molar-refractivity contribution in [1.29, 1.82) is 0 Å². The van der Waals surface area contributed by atoms with Crippen molar-refractivity contribution >= 4 is 45.5 Å². The Bertz CT molecular complexity index is 1230. The van der Waals surface area contributed by atoms with Gasteiger partial charge in [-0.25, -0.2) is 14.1 Å². The van der Waals surface area contributed by atoms with Crippen molar-refractivity contribution < 1.29 is 23.2 Å². The molecule has 6 nitrogen and oxygen atoms in total. The van der Waals surface area contributed by atoms with Crippen LogP contribution in [0.25, 0.3) is 17.4 Å². The van der Waals surface area contributed by atoms with Crippen molar-refractivity contribution in [3.8, 4) is 11.3 Å². The van der Waals surface area contributed by atoms with E-state index in [0.29, 0.717) is 10.7 Å². The maximum absolute atomic E-state index is 14.1. The number of urea groups is 1. The summed E-state index contributed by atoms with van der Waals surface area (Å²) in [5.74, 6) is -1.83. The summed E-state index contributed by atoms with van der Waals surface area (Å²) < 4.78 is 20.7. The monoisotopic (exact) mass is 468 g/mol. The number of barbiturate groups is 1. The first-order valence-corrected chi connectivity index (χ1v) is 9.67. The van der Waals surface area contributed by atoms with Crippen LogP contribution in [-0.2, 0) is 9.59 Å². The first-order valence-electron chi connectivity index (χ1n) is 8.87. The Labute approximate surface area is 179 Å². The highest BCUT2D eigenvalue weighted by Gasteiger charge is 2.38. The van der Waals surface area contributed by atoms with E-state index >= 15 is 0 Å². The average molecular weight is 469 g/mol. The standard InChI is InChI=1S/C22H14BrFN2O4/c1-12-6-8-14(16(23)10-12)19-9-7-13(30-19)11-15-20(27)25-22(29)26(21(15)28)18-5-3-2-4-17(18)24/h2-11H,1H3,(H,25,27,29)/b15-11+. The summed E-state index contributed by atoms with van der Waals surface area (Å²) in [5, 5.41) is 2.05. The van der Waals surface area contributed by atoms with Gasteiger partial charge in [0.05, 0.1) is 5.69 Å². The molecule has 0 spiro atoms. The van der Waals surface area contributed by atoms with Crippen LogP contribution in [0.1, 0.15) is 11.3 Å². The molecule has 4 rings (SSSR count). The van der Waals surface area contributed by atoms with Crippen LogP contribution >= 0.6 is 15.9 Å². The zero-order valence-corrected chi connectivity index (χ0v) is 17.2. The lowest BCUT2D eigenvalue weighted by atomic mass is 10.1. The second kappa shape index (κ2) is 7.72. The molecule has 1 N–H and O–H groups in total. The Hall–Kier alpha value is -3.52. The SMILES string of the molecule is Cc1ccc(-c2ccc(/C=C3\C(=O)NC(=O)N(c4ccccc4F)C3=O)o2)c(Br)c1. The first-order chi connectivity index (χ1) is 14.3. The lowest BCUT2D eigenvalue weighted by Gasteiger charge is -2.26. The molecular weight excluding hydrogens is 455 g/mol. The molecule has 0 saturated carbocycles. The summed E-state index contributed by atoms with van der Waals surface area (Å²) in [5.41, 5.74) is 1.28. The van der Waals surface area contributed by atoms with Crippen molar-refractivity contribution in [1.82, 2.24) is 5.32 Å². The number of nitrogens with zero attached hydrogens (tertiary/aromatic N) is 1. The van der Waals surface area contributed by atoms with Crippen molar-refractivity contribution in [2.75, 3.05) is 4.90 Å². The zero-order valence-electron chi connectivity index (χ0n) is 15.6. The highest BCUT2D eigenvalue weighted by atomic mass is 79.9. The molecule has 0 atom stereocenters. The normalized spacial score (nSPS) is 15.6. The maximum atomic E-state index is 14.1. The molecule has 4 amide bonds. The Kier molecular flexibility index (Phi) is 5.09. The Morgan fingerprint density at radius 2 is 1.83 bits per heavy atom. The van der Waals surface area contributed by atoms with E-state index in [1.807, 2.05) is 25.1 Å². The summed E-state index contributed by atoms with van der Waals surface area (Å²) in [4.78, 5) is 37.8. The van der Waals surface area contributed by atoms with E-state index in [9.17, 15) is 18.8 Å². The van der Waals surface area contributed by atoms with E-state index in [0.717, 1.165) is 21.7 Å². The summed E-state index contributed by atoms with van der Waals surface area (Å²) in [7, 11) is 0. The number of amides is 4. The molecule has 0 unspecified atom stereocenters. The maximum Gasteiger partial charge on any atom is 0.336 e. The van der Waals surface area contributed by atoms with Crippen LogP contribution in [0.15, 0.2) is 69.1 Å². The summed E-state index contributed by atoms with van der Waals surface area (Å²) in [6.07, 6.45) is 1.23. The van der Waals surface area contributed by atoms with Gasteiger partial charge in [0.15, 0.2) is 0 Å². The van der Waals surface area contributed by atoms with Gasteiger partial charge in [-0.05, 0) is 55.0 Å². The number of aryl methyl sites for hydroxylation is 1. The van der Waals surface area contributed by atoms with Gasteiger partial charge >= 0.3 is 6.03 Å². The molecule has 8 heteroatoms. The predicted molar refractivity (Wildman–Crippen MR) is 112 cm³/mol. The van der Waals surface area contributed by atoms with Gasteiger partial charge in [-0.1, -0.05) is 34.1 Å².